The number of esters is 1. The molecular formula is C21H17N3O5. The number of pyridine rings is 2. The van der Waals surface area contributed by atoms with E-state index >= 15 is 0 Å². The lowest BCUT2D eigenvalue weighted by Gasteiger charge is -2.09. The molecule has 8 nitrogen and oxygen atoms in total. The van der Waals surface area contributed by atoms with Crippen molar-refractivity contribution in [2.75, 3.05) is 7.11 Å². The molecule has 146 valence electrons. The highest BCUT2D eigenvalue weighted by Crippen LogP contribution is 2.26. The van der Waals surface area contributed by atoms with Crippen molar-refractivity contribution in [3.63, 3.8) is 0 Å². The molecule has 3 rings (SSSR count). The fraction of sp³-hybridized carbons (Fsp3) is 0.0952. The molecule has 2 heterocycles. The number of nitrogens with zero attached hydrogens (tertiary/aromatic N) is 3. The molecule has 2 aromatic heterocycles. The minimum Gasteiger partial charge on any atom is -0.465 e. The second-order valence-corrected chi connectivity index (χ2v) is 6.02. The van der Waals surface area contributed by atoms with Crippen LogP contribution >= 0.6 is 0 Å². The van der Waals surface area contributed by atoms with Crippen LogP contribution < -0.4 is 4.74 Å². The van der Waals surface area contributed by atoms with Gasteiger partial charge in [0.1, 0.15) is 17.7 Å². The SMILES string of the molecule is COC(=O)c1cc([N+](=O)[O-])cnc1/C=C/c1ccc(Oc2cccnc2)c(C)c1. The standard InChI is InChI=1S/C21H17N3O5/c1-14-10-15(6-8-20(14)29-17-4-3-9-22-13-17)5-7-19-18(21(25)28-2)11-16(12-23-19)24(26)27/h3-13H,1-2H3/b7-5+. The first-order valence-electron chi connectivity index (χ1n) is 8.57. The predicted octanol–water partition coefficient (Wildman–Crippen LogP) is 4.44. The molecule has 0 atom stereocenters. The molecule has 0 N–H and O–H groups in total. The Balaban J connectivity index is 1.85. The van der Waals surface area contributed by atoms with Gasteiger partial charge in [0.15, 0.2) is 0 Å². The van der Waals surface area contributed by atoms with Crippen LogP contribution in [0.5, 0.6) is 11.5 Å². The molecule has 1 aromatic carbocycles. The van der Waals surface area contributed by atoms with Gasteiger partial charge < -0.3 is 9.47 Å². The fourth-order valence-electron chi connectivity index (χ4n) is 2.57. The summed E-state index contributed by atoms with van der Waals surface area (Å²) in [5.41, 5.74) is 1.76. The van der Waals surface area contributed by atoms with Crippen LogP contribution in [0.15, 0.2) is 55.0 Å². The molecule has 0 fully saturated rings. The maximum absolute atomic E-state index is 12.0. The van der Waals surface area contributed by atoms with Crippen molar-refractivity contribution in [2.24, 2.45) is 0 Å². The van der Waals surface area contributed by atoms with Gasteiger partial charge in [0, 0.05) is 12.3 Å². The number of hydrogen-bond donors (Lipinski definition) is 0. The molecule has 0 radical (unpaired) electrons. The molecule has 0 aliphatic heterocycles. The Morgan fingerprint density at radius 3 is 2.66 bits per heavy atom. The minimum atomic E-state index is -0.697. The third kappa shape index (κ3) is 4.81. The maximum atomic E-state index is 12.0. The van der Waals surface area contributed by atoms with Gasteiger partial charge in [-0.15, -0.1) is 0 Å². The van der Waals surface area contributed by atoms with E-state index in [-0.39, 0.29) is 16.9 Å². The molecule has 0 saturated heterocycles. The monoisotopic (exact) mass is 391 g/mol. The zero-order valence-corrected chi connectivity index (χ0v) is 15.7. The lowest BCUT2D eigenvalue weighted by atomic mass is 10.1. The van der Waals surface area contributed by atoms with Crippen molar-refractivity contribution < 1.29 is 19.2 Å². The lowest BCUT2D eigenvalue weighted by Crippen LogP contribution is -2.06. The number of aryl methyl sites for hydroxylation is 1. The topological polar surface area (TPSA) is 104 Å². The first-order valence-corrected chi connectivity index (χ1v) is 8.57. The zero-order chi connectivity index (χ0) is 20.8. The van der Waals surface area contributed by atoms with E-state index < -0.39 is 10.9 Å². The zero-order valence-electron chi connectivity index (χ0n) is 15.7. The van der Waals surface area contributed by atoms with E-state index in [1.54, 1.807) is 30.6 Å². The van der Waals surface area contributed by atoms with Gasteiger partial charge in [0.05, 0.1) is 29.5 Å². The molecular weight excluding hydrogens is 374 g/mol. The van der Waals surface area contributed by atoms with Crippen LogP contribution in [0.4, 0.5) is 5.69 Å². The maximum Gasteiger partial charge on any atom is 0.340 e. The van der Waals surface area contributed by atoms with Crippen molar-refractivity contribution in [3.05, 3.63) is 87.5 Å². The summed E-state index contributed by atoms with van der Waals surface area (Å²) in [5.74, 6) is 0.632. The van der Waals surface area contributed by atoms with E-state index in [1.807, 2.05) is 31.2 Å². The molecule has 0 amide bonds. The molecule has 0 aliphatic carbocycles. The number of carbonyl (C=O) groups is 1. The summed E-state index contributed by atoms with van der Waals surface area (Å²) in [6.45, 7) is 1.91. The summed E-state index contributed by atoms with van der Waals surface area (Å²) in [4.78, 5) is 30.3. The molecule has 3 aromatic rings. The third-order valence-electron chi connectivity index (χ3n) is 4.02. The Bertz CT molecular complexity index is 1080. The Hall–Kier alpha value is -4.07. The minimum absolute atomic E-state index is 0.0196. The van der Waals surface area contributed by atoms with Gasteiger partial charge >= 0.3 is 5.97 Å². The van der Waals surface area contributed by atoms with Gasteiger partial charge in [-0.3, -0.25) is 15.1 Å². The number of benzene rings is 1. The van der Waals surface area contributed by atoms with Crippen molar-refractivity contribution in [2.45, 2.75) is 6.92 Å². The molecule has 0 aliphatic rings. The van der Waals surface area contributed by atoms with Crippen LogP contribution in [-0.2, 0) is 4.74 Å². The normalized spacial score (nSPS) is 10.7. The quantitative estimate of drug-likeness (QED) is 0.347. The Morgan fingerprint density at radius 1 is 1.17 bits per heavy atom. The van der Waals surface area contributed by atoms with Gasteiger partial charge in [0.25, 0.3) is 5.69 Å². The van der Waals surface area contributed by atoms with Crippen LogP contribution in [0.1, 0.15) is 27.2 Å². The molecule has 0 saturated carbocycles. The van der Waals surface area contributed by atoms with Gasteiger partial charge in [-0.05, 0) is 48.4 Å². The van der Waals surface area contributed by atoms with Crippen molar-refractivity contribution in [1.29, 1.82) is 0 Å². The Kier molecular flexibility index (Phi) is 5.94. The van der Waals surface area contributed by atoms with Gasteiger partial charge in [-0.2, -0.15) is 0 Å². The highest BCUT2D eigenvalue weighted by Gasteiger charge is 2.17. The first-order chi connectivity index (χ1) is 14.0. The number of aromatic nitrogens is 2. The molecule has 0 bridgehead atoms. The summed E-state index contributed by atoms with van der Waals surface area (Å²) < 4.78 is 10.5. The average Bonchev–Trinajstić information content (AvgIpc) is 2.74. The van der Waals surface area contributed by atoms with E-state index in [2.05, 4.69) is 9.97 Å². The Morgan fingerprint density at radius 2 is 2.00 bits per heavy atom. The lowest BCUT2D eigenvalue weighted by molar-refractivity contribution is -0.385. The highest BCUT2D eigenvalue weighted by atomic mass is 16.6. The van der Waals surface area contributed by atoms with Gasteiger partial charge in [-0.1, -0.05) is 12.1 Å². The summed E-state index contributed by atoms with van der Waals surface area (Å²) in [6, 6.07) is 10.3. The van der Waals surface area contributed by atoms with Crippen LogP contribution in [0, 0.1) is 17.0 Å². The second kappa shape index (κ2) is 8.75. The van der Waals surface area contributed by atoms with E-state index in [4.69, 9.17) is 9.47 Å². The third-order valence-corrected chi connectivity index (χ3v) is 4.02. The average molecular weight is 391 g/mol. The number of carbonyl (C=O) groups excluding carboxylic acids is 1. The highest BCUT2D eigenvalue weighted by molar-refractivity contribution is 5.94. The summed E-state index contributed by atoms with van der Waals surface area (Å²) in [5, 5.41) is 10.9. The van der Waals surface area contributed by atoms with Gasteiger partial charge in [-0.25, -0.2) is 9.78 Å². The Labute approximate surface area is 166 Å². The summed E-state index contributed by atoms with van der Waals surface area (Å²) in [7, 11) is 1.21. The van der Waals surface area contributed by atoms with Crippen LogP contribution in [0.2, 0.25) is 0 Å². The molecule has 0 unspecified atom stereocenters. The smallest absolute Gasteiger partial charge is 0.340 e. The van der Waals surface area contributed by atoms with E-state index in [0.29, 0.717) is 11.5 Å². The summed E-state index contributed by atoms with van der Waals surface area (Å²) in [6.07, 6.45) is 7.75. The number of hydrogen-bond acceptors (Lipinski definition) is 7. The van der Waals surface area contributed by atoms with Crippen molar-refractivity contribution in [1.82, 2.24) is 9.97 Å². The van der Waals surface area contributed by atoms with E-state index in [0.717, 1.165) is 23.4 Å². The molecule has 29 heavy (non-hydrogen) atoms. The van der Waals surface area contributed by atoms with Gasteiger partial charge in [0.2, 0.25) is 0 Å². The predicted molar refractivity (Wildman–Crippen MR) is 107 cm³/mol. The fourth-order valence-corrected chi connectivity index (χ4v) is 2.57. The van der Waals surface area contributed by atoms with Crippen LogP contribution in [0.3, 0.4) is 0 Å². The number of methoxy groups -OCH3 is 1. The molecule has 8 heteroatoms. The van der Waals surface area contributed by atoms with Crippen LogP contribution in [-0.4, -0.2) is 28.0 Å². The number of ether oxygens (including phenoxy) is 2. The van der Waals surface area contributed by atoms with Crippen molar-refractivity contribution in [3.8, 4) is 11.5 Å². The van der Waals surface area contributed by atoms with E-state index in [9.17, 15) is 14.9 Å². The molecule has 0 spiro atoms. The summed E-state index contributed by atoms with van der Waals surface area (Å²) >= 11 is 0. The van der Waals surface area contributed by atoms with E-state index in [1.165, 1.54) is 7.11 Å². The number of rotatable bonds is 6. The first kappa shape index (κ1) is 19.7. The second-order valence-electron chi connectivity index (χ2n) is 6.02. The van der Waals surface area contributed by atoms with Crippen LogP contribution in [0.25, 0.3) is 12.2 Å². The van der Waals surface area contributed by atoms with Crippen molar-refractivity contribution >= 4 is 23.8 Å². The largest absolute Gasteiger partial charge is 0.465 e. The number of nitro groups is 1.